The predicted octanol–water partition coefficient (Wildman–Crippen LogP) is 2.39. The molecule has 1 heterocycles. The average Bonchev–Trinajstić information content (AvgIpc) is 2.86. The summed E-state index contributed by atoms with van der Waals surface area (Å²) < 4.78 is 5.37. The van der Waals surface area contributed by atoms with Crippen LogP contribution in [0.5, 0.6) is 5.75 Å². The molecule has 0 spiro atoms. The minimum Gasteiger partial charge on any atom is -0.496 e. The zero-order valence-electron chi connectivity index (χ0n) is 11.9. The summed E-state index contributed by atoms with van der Waals surface area (Å²) in [7, 11) is 1.66. The van der Waals surface area contributed by atoms with Crippen molar-refractivity contribution in [2.45, 2.75) is 39.2 Å². The maximum Gasteiger partial charge on any atom is 0.225 e. The molecule has 0 bridgehead atoms. The lowest BCUT2D eigenvalue weighted by Gasteiger charge is -2.15. The molecule has 0 saturated carbocycles. The third-order valence-corrected chi connectivity index (χ3v) is 3.68. The quantitative estimate of drug-likeness (QED) is 0.876. The second kappa shape index (κ2) is 6.06. The Labute approximate surface area is 114 Å². The zero-order valence-corrected chi connectivity index (χ0v) is 11.9. The van der Waals surface area contributed by atoms with Crippen LogP contribution in [0.25, 0.3) is 0 Å². The van der Waals surface area contributed by atoms with Crippen LogP contribution in [-0.2, 0) is 4.79 Å². The van der Waals surface area contributed by atoms with Crippen LogP contribution in [0.3, 0.4) is 0 Å². The van der Waals surface area contributed by atoms with Crippen LogP contribution in [-0.4, -0.2) is 25.6 Å². The largest absolute Gasteiger partial charge is 0.496 e. The molecule has 2 rings (SSSR count). The van der Waals surface area contributed by atoms with Crippen LogP contribution in [0.1, 0.15) is 30.4 Å². The number of carbonyl (C=O) groups excluding carboxylic acids is 1. The highest BCUT2D eigenvalue weighted by molar-refractivity contribution is 5.92. The molecule has 1 saturated heterocycles. The number of methoxy groups -OCH3 is 1. The van der Waals surface area contributed by atoms with E-state index in [4.69, 9.17) is 4.74 Å². The standard InChI is InChI=1S/C15H22N2O2/c1-10-6-7-13(11(2)15(10)19-3)17-14(18)9-12-5-4-8-16-12/h6-7,12,16H,4-5,8-9H2,1-3H3,(H,17,18). The van der Waals surface area contributed by atoms with E-state index in [0.29, 0.717) is 12.5 Å². The molecule has 0 aromatic heterocycles. The molecule has 4 nitrogen and oxygen atoms in total. The van der Waals surface area contributed by atoms with Gasteiger partial charge in [0, 0.05) is 23.7 Å². The number of rotatable bonds is 4. The van der Waals surface area contributed by atoms with Crippen molar-refractivity contribution in [1.29, 1.82) is 0 Å². The van der Waals surface area contributed by atoms with E-state index in [9.17, 15) is 4.79 Å². The van der Waals surface area contributed by atoms with E-state index >= 15 is 0 Å². The molecule has 0 radical (unpaired) electrons. The van der Waals surface area contributed by atoms with Crippen molar-refractivity contribution in [1.82, 2.24) is 5.32 Å². The van der Waals surface area contributed by atoms with Gasteiger partial charge >= 0.3 is 0 Å². The summed E-state index contributed by atoms with van der Waals surface area (Å²) in [5, 5.41) is 6.31. The highest BCUT2D eigenvalue weighted by atomic mass is 16.5. The molecule has 1 fully saturated rings. The fourth-order valence-electron chi connectivity index (χ4n) is 2.63. The molecule has 4 heteroatoms. The third kappa shape index (κ3) is 3.26. The first-order chi connectivity index (χ1) is 9.11. The highest BCUT2D eigenvalue weighted by Gasteiger charge is 2.18. The lowest BCUT2D eigenvalue weighted by molar-refractivity contribution is -0.116. The van der Waals surface area contributed by atoms with Gasteiger partial charge in [-0.1, -0.05) is 6.07 Å². The Kier molecular flexibility index (Phi) is 4.43. The number of anilines is 1. The van der Waals surface area contributed by atoms with Crippen molar-refractivity contribution in [3.63, 3.8) is 0 Å². The summed E-state index contributed by atoms with van der Waals surface area (Å²) >= 11 is 0. The summed E-state index contributed by atoms with van der Waals surface area (Å²) in [6, 6.07) is 4.23. The Bertz CT molecular complexity index is 465. The van der Waals surface area contributed by atoms with Crippen molar-refractivity contribution in [3.05, 3.63) is 23.3 Å². The van der Waals surface area contributed by atoms with Gasteiger partial charge in [-0.15, -0.1) is 0 Å². The Balaban J connectivity index is 2.04. The Hall–Kier alpha value is -1.55. The van der Waals surface area contributed by atoms with Crippen molar-refractivity contribution >= 4 is 11.6 Å². The van der Waals surface area contributed by atoms with Crippen molar-refractivity contribution in [2.24, 2.45) is 0 Å². The Morgan fingerprint density at radius 2 is 2.26 bits per heavy atom. The maximum absolute atomic E-state index is 12.0. The molecule has 104 valence electrons. The molecular weight excluding hydrogens is 240 g/mol. The van der Waals surface area contributed by atoms with Gasteiger partial charge in [0.2, 0.25) is 5.91 Å². The molecule has 2 N–H and O–H groups in total. The van der Waals surface area contributed by atoms with Crippen LogP contribution < -0.4 is 15.4 Å². The van der Waals surface area contributed by atoms with Gasteiger partial charge in [-0.2, -0.15) is 0 Å². The number of hydrogen-bond acceptors (Lipinski definition) is 3. The van der Waals surface area contributed by atoms with Gasteiger partial charge in [0.15, 0.2) is 0 Å². The normalized spacial score (nSPS) is 18.4. The maximum atomic E-state index is 12.0. The number of nitrogens with one attached hydrogen (secondary N) is 2. The topological polar surface area (TPSA) is 50.4 Å². The molecule has 0 aliphatic carbocycles. The smallest absolute Gasteiger partial charge is 0.225 e. The Morgan fingerprint density at radius 3 is 2.89 bits per heavy atom. The first-order valence-corrected chi connectivity index (χ1v) is 6.79. The summed E-state index contributed by atoms with van der Waals surface area (Å²) in [5.41, 5.74) is 2.90. The lowest BCUT2D eigenvalue weighted by Crippen LogP contribution is -2.27. The van der Waals surface area contributed by atoms with E-state index in [2.05, 4.69) is 10.6 Å². The van der Waals surface area contributed by atoms with E-state index in [0.717, 1.165) is 42.0 Å². The van der Waals surface area contributed by atoms with E-state index in [1.807, 2.05) is 26.0 Å². The van der Waals surface area contributed by atoms with E-state index < -0.39 is 0 Å². The zero-order chi connectivity index (χ0) is 13.8. The number of ether oxygens (including phenoxy) is 1. The molecule has 19 heavy (non-hydrogen) atoms. The first kappa shape index (κ1) is 13.9. The molecule has 1 unspecified atom stereocenters. The summed E-state index contributed by atoms with van der Waals surface area (Å²) in [5.74, 6) is 0.908. The molecular formula is C15H22N2O2. The second-order valence-electron chi connectivity index (χ2n) is 5.13. The highest BCUT2D eigenvalue weighted by Crippen LogP contribution is 2.29. The van der Waals surface area contributed by atoms with Gasteiger partial charge < -0.3 is 15.4 Å². The van der Waals surface area contributed by atoms with Gasteiger partial charge in [-0.3, -0.25) is 4.79 Å². The van der Waals surface area contributed by atoms with E-state index in [1.165, 1.54) is 0 Å². The summed E-state index contributed by atoms with van der Waals surface area (Å²) in [6.07, 6.45) is 2.79. The fraction of sp³-hybridized carbons (Fsp3) is 0.533. The van der Waals surface area contributed by atoms with Gasteiger partial charge in [-0.05, 0) is 44.9 Å². The summed E-state index contributed by atoms with van der Waals surface area (Å²) in [4.78, 5) is 12.0. The number of carbonyl (C=O) groups is 1. The summed E-state index contributed by atoms with van der Waals surface area (Å²) in [6.45, 7) is 4.99. The molecule has 1 amide bonds. The predicted molar refractivity (Wildman–Crippen MR) is 76.7 cm³/mol. The number of amides is 1. The molecule has 1 aliphatic heterocycles. The number of hydrogen-bond donors (Lipinski definition) is 2. The van der Waals surface area contributed by atoms with Gasteiger partial charge in [0.25, 0.3) is 0 Å². The molecule has 1 aliphatic rings. The van der Waals surface area contributed by atoms with E-state index in [1.54, 1.807) is 7.11 Å². The second-order valence-corrected chi connectivity index (χ2v) is 5.13. The minimum absolute atomic E-state index is 0.0633. The van der Waals surface area contributed by atoms with Crippen LogP contribution in [0, 0.1) is 13.8 Å². The van der Waals surface area contributed by atoms with Gasteiger partial charge in [0.05, 0.1) is 7.11 Å². The third-order valence-electron chi connectivity index (χ3n) is 3.68. The van der Waals surface area contributed by atoms with Crippen LogP contribution in [0.15, 0.2) is 12.1 Å². The van der Waals surface area contributed by atoms with Crippen LogP contribution in [0.4, 0.5) is 5.69 Å². The number of benzene rings is 1. The Morgan fingerprint density at radius 1 is 1.47 bits per heavy atom. The fourth-order valence-corrected chi connectivity index (χ4v) is 2.63. The van der Waals surface area contributed by atoms with Crippen LogP contribution >= 0.6 is 0 Å². The lowest BCUT2D eigenvalue weighted by atomic mass is 10.1. The molecule has 1 aromatic carbocycles. The van der Waals surface area contributed by atoms with Crippen molar-refractivity contribution in [3.8, 4) is 5.75 Å². The van der Waals surface area contributed by atoms with E-state index in [-0.39, 0.29) is 5.91 Å². The molecule has 1 atom stereocenters. The molecule has 1 aromatic rings. The van der Waals surface area contributed by atoms with Gasteiger partial charge in [-0.25, -0.2) is 0 Å². The first-order valence-electron chi connectivity index (χ1n) is 6.79. The minimum atomic E-state index is 0.0633. The SMILES string of the molecule is COc1c(C)ccc(NC(=O)CC2CCCN2)c1C. The van der Waals surface area contributed by atoms with Crippen molar-refractivity contribution < 1.29 is 9.53 Å². The average molecular weight is 262 g/mol. The monoisotopic (exact) mass is 262 g/mol. The van der Waals surface area contributed by atoms with Crippen molar-refractivity contribution in [2.75, 3.05) is 19.0 Å². The van der Waals surface area contributed by atoms with Crippen LogP contribution in [0.2, 0.25) is 0 Å². The van der Waals surface area contributed by atoms with Gasteiger partial charge in [0.1, 0.15) is 5.75 Å². The number of aryl methyl sites for hydroxylation is 1.